The second kappa shape index (κ2) is 5.98. The minimum atomic E-state index is -3.93. The molecule has 0 aliphatic rings. The van der Waals surface area contributed by atoms with E-state index in [0.29, 0.717) is 6.54 Å². The van der Waals surface area contributed by atoms with E-state index in [1.54, 1.807) is 14.0 Å². The lowest BCUT2D eigenvalue weighted by Crippen LogP contribution is -2.37. The molecule has 0 bridgehead atoms. The van der Waals surface area contributed by atoms with Gasteiger partial charge in [-0.05, 0) is 25.1 Å². The molecule has 0 fully saturated rings. The van der Waals surface area contributed by atoms with Crippen molar-refractivity contribution in [3.8, 4) is 0 Å². The summed E-state index contributed by atoms with van der Waals surface area (Å²) in [6.07, 6.45) is 0. The maximum Gasteiger partial charge on any atom is 0.241 e. The van der Waals surface area contributed by atoms with Crippen LogP contribution in [0.1, 0.15) is 6.92 Å². The highest BCUT2D eigenvalue weighted by molar-refractivity contribution is 7.89. The summed E-state index contributed by atoms with van der Waals surface area (Å²) in [5.74, 6) is -1.19. The Kier molecular flexibility index (Phi) is 4.84. The molecule has 1 aromatic carbocycles. The zero-order chi connectivity index (χ0) is 14.6. The van der Waals surface area contributed by atoms with Gasteiger partial charge in [-0.1, -0.05) is 0 Å². The summed E-state index contributed by atoms with van der Waals surface area (Å²) in [7, 11) is -2.37. The highest BCUT2D eigenvalue weighted by Crippen LogP contribution is 2.15. The molecule has 0 radical (unpaired) electrons. The zero-order valence-corrected chi connectivity index (χ0v) is 11.5. The van der Waals surface area contributed by atoms with Crippen molar-refractivity contribution < 1.29 is 17.6 Å². The fourth-order valence-electron chi connectivity index (χ4n) is 1.23. The Morgan fingerprint density at radius 1 is 1.47 bits per heavy atom. The highest BCUT2D eigenvalue weighted by atomic mass is 32.2. The monoisotopic (exact) mass is 289 g/mol. The molecule has 0 spiro atoms. The van der Waals surface area contributed by atoms with Crippen molar-refractivity contribution in [2.75, 3.05) is 25.9 Å². The Morgan fingerprint density at radius 3 is 2.63 bits per heavy atom. The van der Waals surface area contributed by atoms with Crippen LogP contribution < -0.4 is 10.5 Å². The van der Waals surface area contributed by atoms with Crippen molar-refractivity contribution in [2.24, 2.45) is 0 Å². The number of nitrogens with zero attached hydrogens (tertiary/aromatic N) is 1. The first kappa shape index (κ1) is 15.4. The van der Waals surface area contributed by atoms with Crippen LogP contribution >= 0.6 is 0 Å². The van der Waals surface area contributed by atoms with Gasteiger partial charge in [0.2, 0.25) is 15.9 Å². The van der Waals surface area contributed by atoms with E-state index in [-0.39, 0.29) is 23.0 Å². The largest absolute Gasteiger partial charge is 0.396 e. The molecule has 106 valence electrons. The first-order valence-corrected chi connectivity index (χ1v) is 7.05. The molecular formula is C11H16FN3O3S. The van der Waals surface area contributed by atoms with Gasteiger partial charge in [0.15, 0.2) is 0 Å². The number of likely N-dealkylation sites (N-methyl/N-ethyl adjacent to an activating group) is 1. The molecular weight excluding hydrogens is 273 g/mol. The number of nitrogens with two attached hydrogens (primary N) is 1. The van der Waals surface area contributed by atoms with Crippen molar-refractivity contribution in [2.45, 2.75) is 11.8 Å². The number of nitrogen functional groups attached to an aromatic ring is 1. The molecule has 8 heteroatoms. The molecule has 0 saturated carbocycles. The number of sulfonamides is 1. The van der Waals surface area contributed by atoms with Gasteiger partial charge in [0.05, 0.1) is 17.1 Å². The number of hydrogen-bond acceptors (Lipinski definition) is 4. The van der Waals surface area contributed by atoms with Gasteiger partial charge in [-0.15, -0.1) is 0 Å². The molecule has 3 N–H and O–H groups in total. The maximum atomic E-state index is 13.2. The highest BCUT2D eigenvalue weighted by Gasteiger charge is 2.18. The topological polar surface area (TPSA) is 92.5 Å². The second-order valence-electron chi connectivity index (χ2n) is 3.92. The first-order chi connectivity index (χ1) is 8.77. The third kappa shape index (κ3) is 3.90. The molecule has 0 heterocycles. The minimum Gasteiger partial charge on any atom is -0.396 e. The number of anilines is 1. The van der Waals surface area contributed by atoms with Gasteiger partial charge in [0.25, 0.3) is 0 Å². The summed E-state index contributed by atoms with van der Waals surface area (Å²) in [5.41, 5.74) is 5.12. The van der Waals surface area contributed by atoms with E-state index in [2.05, 4.69) is 4.72 Å². The van der Waals surface area contributed by atoms with E-state index >= 15 is 0 Å². The molecule has 0 saturated heterocycles. The number of hydrogen-bond donors (Lipinski definition) is 2. The Labute approximate surface area is 111 Å². The maximum absolute atomic E-state index is 13.2. The molecule has 0 aromatic heterocycles. The number of carbonyl (C=O) groups excluding carboxylic acids is 1. The van der Waals surface area contributed by atoms with Gasteiger partial charge in [-0.3, -0.25) is 4.79 Å². The van der Waals surface area contributed by atoms with E-state index in [4.69, 9.17) is 5.73 Å². The predicted molar refractivity (Wildman–Crippen MR) is 69.3 cm³/mol. The summed E-state index contributed by atoms with van der Waals surface area (Å²) in [6.45, 7) is 1.86. The van der Waals surface area contributed by atoms with Crippen molar-refractivity contribution >= 4 is 21.6 Å². The van der Waals surface area contributed by atoms with Gasteiger partial charge in [-0.25, -0.2) is 17.5 Å². The van der Waals surface area contributed by atoms with Gasteiger partial charge < -0.3 is 10.6 Å². The van der Waals surface area contributed by atoms with E-state index in [9.17, 15) is 17.6 Å². The number of halogens is 1. The molecule has 6 nitrogen and oxygen atoms in total. The van der Waals surface area contributed by atoms with Gasteiger partial charge in [-0.2, -0.15) is 0 Å². The molecule has 0 unspecified atom stereocenters. The molecule has 0 atom stereocenters. The smallest absolute Gasteiger partial charge is 0.241 e. The van der Waals surface area contributed by atoms with Crippen LogP contribution in [0.5, 0.6) is 0 Å². The summed E-state index contributed by atoms with van der Waals surface area (Å²) in [4.78, 5) is 12.6. The zero-order valence-electron chi connectivity index (χ0n) is 10.7. The quantitative estimate of drug-likeness (QED) is 0.755. The SMILES string of the molecule is CCN(C)C(=O)CNS(=O)(=O)c1ccc(N)c(F)c1. The minimum absolute atomic E-state index is 0.138. The Hall–Kier alpha value is -1.67. The average molecular weight is 289 g/mol. The molecule has 1 amide bonds. The van der Waals surface area contributed by atoms with E-state index in [1.807, 2.05) is 0 Å². The van der Waals surface area contributed by atoms with Gasteiger partial charge in [0, 0.05) is 13.6 Å². The molecule has 19 heavy (non-hydrogen) atoms. The lowest BCUT2D eigenvalue weighted by Gasteiger charge is -2.14. The lowest BCUT2D eigenvalue weighted by atomic mass is 10.3. The van der Waals surface area contributed by atoms with Crippen LogP contribution in [-0.4, -0.2) is 39.4 Å². The van der Waals surface area contributed by atoms with Crippen LogP contribution in [0.4, 0.5) is 10.1 Å². The van der Waals surface area contributed by atoms with Crippen LogP contribution in [0.2, 0.25) is 0 Å². The van der Waals surface area contributed by atoms with Crippen LogP contribution in [0.15, 0.2) is 23.1 Å². The third-order valence-corrected chi connectivity index (χ3v) is 3.99. The average Bonchev–Trinajstić information content (AvgIpc) is 2.38. The normalized spacial score (nSPS) is 11.3. The van der Waals surface area contributed by atoms with Crippen molar-refractivity contribution in [1.29, 1.82) is 0 Å². The Morgan fingerprint density at radius 2 is 2.11 bits per heavy atom. The number of benzene rings is 1. The number of amides is 1. The fourth-order valence-corrected chi connectivity index (χ4v) is 2.21. The van der Waals surface area contributed by atoms with Crippen LogP contribution in [0, 0.1) is 5.82 Å². The standard InChI is InChI=1S/C11H16FN3O3S/c1-3-15(2)11(16)7-14-19(17,18)8-4-5-10(13)9(12)6-8/h4-6,14H,3,7,13H2,1-2H3. The third-order valence-electron chi connectivity index (χ3n) is 2.60. The summed E-state index contributed by atoms with van der Waals surface area (Å²) < 4.78 is 39.0. The molecule has 0 aliphatic carbocycles. The fraction of sp³-hybridized carbons (Fsp3) is 0.364. The van der Waals surface area contributed by atoms with E-state index in [0.717, 1.165) is 12.1 Å². The summed E-state index contributed by atoms with van der Waals surface area (Å²) in [5, 5.41) is 0. The Balaban J connectivity index is 2.82. The van der Waals surface area contributed by atoms with Gasteiger partial charge in [0.1, 0.15) is 5.82 Å². The molecule has 1 rings (SSSR count). The van der Waals surface area contributed by atoms with Gasteiger partial charge >= 0.3 is 0 Å². The first-order valence-electron chi connectivity index (χ1n) is 5.56. The van der Waals surface area contributed by atoms with Crippen LogP contribution in [-0.2, 0) is 14.8 Å². The second-order valence-corrected chi connectivity index (χ2v) is 5.68. The van der Waals surface area contributed by atoms with E-state index < -0.39 is 15.8 Å². The number of rotatable bonds is 5. The van der Waals surface area contributed by atoms with Crippen molar-refractivity contribution in [1.82, 2.24) is 9.62 Å². The Bertz CT molecular complexity index is 575. The lowest BCUT2D eigenvalue weighted by molar-refractivity contribution is -0.128. The van der Waals surface area contributed by atoms with Crippen LogP contribution in [0.25, 0.3) is 0 Å². The summed E-state index contributed by atoms with van der Waals surface area (Å²) >= 11 is 0. The summed E-state index contributed by atoms with van der Waals surface area (Å²) in [6, 6.07) is 3.14. The number of nitrogens with one attached hydrogen (secondary N) is 1. The predicted octanol–water partition coefficient (Wildman–Crippen LogP) is 0.165. The van der Waals surface area contributed by atoms with E-state index in [1.165, 1.54) is 11.0 Å². The molecule has 1 aromatic rings. The number of carbonyl (C=O) groups is 1. The van der Waals surface area contributed by atoms with Crippen molar-refractivity contribution in [3.63, 3.8) is 0 Å². The van der Waals surface area contributed by atoms with Crippen molar-refractivity contribution in [3.05, 3.63) is 24.0 Å². The van der Waals surface area contributed by atoms with Crippen LogP contribution in [0.3, 0.4) is 0 Å². The molecule has 0 aliphatic heterocycles.